The van der Waals surface area contributed by atoms with E-state index in [0.717, 1.165) is 5.82 Å². The van der Waals surface area contributed by atoms with Crippen molar-refractivity contribution >= 4 is 5.82 Å². The summed E-state index contributed by atoms with van der Waals surface area (Å²) in [5, 5.41) is 0. The third-order valence-corrected chi connectivity index (χ3v) is 1.73. The maximum atomic E-state index is 5.21. The van der Waals surface area contributed by atoms with E-state index < -0.39 is 0 Å². The molecule has 0 bridgehead atoms. The van der Waals surface area contributed by atoms with Gasteiger partial charge in [-0.1, -0.05) is 0 Å². The van der Waals surface area contributed by atoms with E-state index >= 15 is 0 Å². The Morgan fingerprint density at radius 1 is 1.69 bits per heavy atom. The molecule has 0 saturated heterocycles. The molecule has 1 rings (SSSR count). The summed E-state index contributed by atoms with van der Waals surface area (Å²) in [5.74, 6) is 6.56. The van der Waals surface area contributed by atoms with Crippen LogP contribution in [-0.2, 0) is 11.2 Å². The molecule has 0 aromatic carbocycles. The Labute approximate surface area is 77.3 Å². The third-order valence-electron chi connectivity index (χ3n) is 1.73. The maximum Gasteiger partial charge on any atom is 0.143 e. The molecular formula is C8H14N4O. The lowest BCUT2D eigenvalue weighted by atomic mass is 10.3. The van der Waals surface area contributed by atoms with Crippen LogP contribution >= 0.6 is 0 Å². The fourth-order valence-electron chi connectivity index (χ4n) is 0.918. The molecule has 0 aliphatic rings. The molecule has 1 atom stereocenters. The van der Waals surface area contributed by atoms with Gasteiger partial charge in [0.2, 0.25) is 0 Å². The van der Waals surface area contributed by atoms with Crippen molar-refractivity contribution in [3.8, 4) is 0 Å². The Bertz CT molecular complexity index is 266. The van der Waals surface area contributed by atoms with Crippen molar-refractivity contribution in [2.24, 2.45) is 5.84 Å². The number of hydrazine groups is 1. The minimum atomic E-state index is 0.119. The van der Waals surface area contributed by atoms with Crippen molar-refractivity contribution in [2.45, 2.75) is 19.4 Å². The number of methoxy groups -OCH3 is 1. The van der Waals surface area contributed by atoms with E-state index in [2.05, 4.69) is 15.4 Å². The van der Waals surface area contributed by atoms with E-state index in [0.29, 0.717) is 12.2 Å². The summed E-state index contributed by atoms with van der Waals surface area (Å²) in [6.07, 6.45) is 2.47. The van der Waals surface area contributed by atoms with Crippen LogP contribution < -0.4 is 11.3 Å². The Kier molecular flexibility index (Phi) is 3.60. The first-order chi connectivity index (χ1) is 6.26. The highest BCUT2D eigenvalue weighted by molar-refractivity contribution is 5.30. The highest BCUT2D eigenvalue weighted by Gasteiger charge is 2.04. The monoisotopic (exact) mass is 182 g/mol. The normalized spacial score (nSPS) is 12.5. The van der Waals surface area contributed by atoms with E-state index in [4.69, 9.17) is 10.6 Å². The van der Waals surface area contributed by atoms with Crippen LogP contribution in [0.15, 0.2) is 12.3 Å². The first kappa shape index (κ1) is 9.88. The largest absolute Gasteiger partial charge is 0.381 e. The quantitative estimate of drug-likeness (QED) is 0.519. The zero-order chi connectivity index (χ0) is 9.68. The van der Waals surface area contributed by atoms with Crippen molar-refractivity contribution < 1.29 is 4.74 Å². The van der Waals surface area contributed by atoms with E-state index in [1.165, 1.54) is 0 Å². The molecule has 1 unspecified atom stereocenters. The molecule has 13 heavy (non-hydrogen) atoms. The van der Waals surface area contributed by atoms with Gasteiger partial charge in [-0.15, -0.1) is 0 Å². The number of ether oxygens (including phenoxy) is 1. The SMILES string of the molecule is COC(C)Cc1nccc(NN)n1. The molecule has 0 radical (unpaired) electrons. The van der Waals surface area contributed by atoms with Gasteiger partial charge in [0, 0.05) is 25.8 Å². The summed E-state index contributed by atoms with van der Waals surface area (Å²) in [6.45, 7) is 1.96. The summed E-state index contributed by atoms with van der Waals surface area (Å²) in [7, 11) is 1.66. The Morgan fingerprint density at radius 3 is 3.08 bits per heavy atom. The number of nitrogens with two attached hydrogens (primary N) is 1. The number of anilines is 1. The highest BCUT2D eigenvalue weighted by atomic mass is 16.5. The number of nitrogens with zero attached hydrogens (tertiary/aromatic N) is 2. The molecule has 0 spiro atoms. The van der Waals surface area contributed by atoms with Crippen LogP contribution in [0, 0.1) is 0 Å². The fraction of sp³-hybridized carbons (Fsp3) is 0.500. The summed E-state index contributed by atoms with van der Waals surface area (Å²) >= 11 is 0. The highest BCUT2D eigenvalue weighted by Crippen LogP contribution is 2.03. The lowest BCUT2D eigenvalue weighted by Gasteiger charge is -2.08. The number of nitrogen functional groups attached to an aromatic ring is 1. The van der Waals surface area contributed by atoms with Crippen molar-refractivity contribution in [3.05, 3.63) is 18.1 Å². The first-order valence-corrected chi connectivity index (χ1v) is 4.07. The molecule has 0 aliphatic carbocycles. The second-order valence-corrected chi connectivity index (χ2v) is 2.75. The lowest BCUT2D eigenvalue weighted by molar-refractivity contribution is 0.117. The summed E-state index contributed by atoms with van der Waals surface area (Å²) in [5.41, 5.74) is 2.47. The number of hydrogen-bond acceptors (Lipinski definition) is 5. The second kappa shape index (κ2) is 4.74. The Hall–Kier alpha value is -1.20. The predicted molar refractivity (Wildman–Crippen MR) is 50.0 cm³/mol. The molecule has 3 N–H and O–H groups in total. The van der Waals surface area contributed by atoms with Crippen molar-refractivity contribution in [3.63, 3.8) is 0 Å². The minimum Gasteiger partial charge on any atom is -0.381 e. The molecule has 5 nitrogen and oxygen atoms in total. The zero-order valence-electron chi connectivity index (χ0n) is 7.82. The first-order valence-electron chi connectivity index (χ1n) is 4.07. The van der Waals surface area contributed by atoms with Crippen LogP contribution in [0.2, 0.25) is 0 Å². The number of rotatable bonds is 4. The third kappa shape index (κ3) is 2.96. The van der Waals surface area contributed by atoms with Gasteiger partial charge in [-0.3, -0.25) is 0 Å². The van der Waals surface area contributed by atoms with E-state index in [1.54, 1.807) is 19.4 Å². The molecule has 0 fully saturated rings. The fourth-order valence-corrected chi connectivity index (χ4v) is 0.918. The average molecular weight is 182 g/mol. The van der Waals surface area contributed by atoms with Gasteiger partial charge in [-0.2, -0.15) is 0 Å². The molecule has 0 amide bonds. The van der Waals surface area contributed by atoms with Gasteiger partial charge in [0.1, 0.15) is 11.6 Å². The Balaban J connectivity index is 2.66. The molecule has 72 valence electrons. The molecule has 1 aromatic heterocycles. The van der Waals surface area contributed by atoms with Gasteiger partial charge in [-0.25, -0.2) is 15.8 Å². The smallest absolute Gasteiger partial charge is 0.143 e. The van der Waals surface area contributed by atoms with Crippen LogP contribution in [0.3, 0.4) is 0 Å². The van der Waals surface area contributed by atoms with E-state index in [1.807, 2.05) is 6.92 Å². The van der Waals surface area contributed by atoms with Crippen LogP contribution in [-0.4, -0.2) is 23.2 Å². The number of nitrogens with one attached hydrogen (secondary N) is 1. The zero-order valence-corrected chi connectivity index (χ0v) is 7.82. The van der Waals surface area contributed by atoms with Crippen LogP contribution in [0.5, 0.6) is 0 Å². The molecule has 0 aliphatic heterocycles. The van der Waals surface area contributed by atoms with Crippen molar-refractivity contribution in [1.82, 2.24) is 9.97 Å². The number of aromatic nitrogens is 2. The lowest BCUT2D eigenvalue weighted by Crippen LogP contribution is -2.14. The Morgan fingerprint density at radius 2 is 2.46 bits per heavy atom. The van der Waals surface area contributed by atoms with Gasteiger partial charge in [-0.05, 0) is 6.92 Å². The molecule has 5 heteroatoms. The van der Waals surface area contributed by atoms with Crippen LogP contribution in [0.1, 0.15) is 12.7 Å². The van der Waals surface area contributed by atoms with E-state index in [-0.39, 0.29) is 6.10 Å². The van der Waals surface area contributed by atoms with Crippen LogP contribution in [0.25, 0.3) is 0 Å². The van der Waals surface area contributed by atoms with Gasteiger partial charge >= 0.3 is 0 Å². The van der Waals surface area contributed by atoms with Gasteiger partial charge in [0.25, 0.3) is 0 Å². The predicted octanol–water partition coefficient (Wildman–Crippen LogP) is 0.340. The molecular weight excluding hydrogens is 168 g/mol. The summed E-state index contributed by atoms with van der Waals surface area (Å²) in [6, 6.07) is 1.71. The van der Waals surface area contributed by atoms with Crippen molar-refractivity contribution in [1.29, 1.82) is 0 Å². The second-order valence-electron chi connectivity index (χ2n) is 2.75. The van der Waals surface area contributed by atoms with Gasteiger partial charge in [0.15, 0.2) is 0 Å². The van der Waals surface area contributed by atoms with Gasteiger partial charge in [0.05, 0.1) is 6.10 Å². The van der Waals surface area contributed by atoms with Crippen LogP contribution in [0.4, 0.5) is 5.82 Å². The van der Waals surface area contributed by atoms with E-state index in [9.17, 15) is 0 Å². The summed E-state index contributed by atoms with van der Waals surface area (Å²) < 4.78 is 5.10. The molecule has 1 heterocycles. The van der Waals surface area contributed by atoms with Crippen molar-refractivity contribution in [2.75, 3.05) is 12.5 Å². The molecule has 1 aromatic rings. The van der Waals surface area contributed by atoms with Gasteiger partial charge < -0.3 is 10.2 Å². The summed E-state index contributed by atoms with van der Waals surface area (Å²) in [4.78, 5) is 8.24. The topological polar surface area (TPSA) is 73.1 Å². The maximum absolute atomic E-state index is 5.21. The standard InChI is InChI=1S/C8H14N4O/c1-6(13-2)5-8-10-4-3-7(11-8)12-9/h3-4,6H,5,9H2,1-2H3,(H,10,11,12). The molecule has 0 saturated carbocycles. The average Bonchev–Trinajstić information content (AvgIpc) is 2.18. The minimum absolute atomic E-state index is 0.119. The number of hydrogen-bond donors (Lipinski definition) is 2.